The third-order valence-electron chi connectivity index (χ3n) is 3.11. The van der Waals surface area contributed by atoms with Crippen molar-refractivity contribution < 1.29 is 14.3 Å². The molecule has 1 saturated heterocycles. The van der Waals surface area contributed by atoms with Gasteiger partial charge in [-0.1, -0.05) is 6.07 Å². The summed E-state index contributed by atoms with van der Waals surface area (Å²) in [4.78, 5) is 12.7. The van der Waals surface area contributed by atoms with Crippen LogP contribution in [0, 0.1) is 11.2 Å². The van der Waals surface area contributed by atoms with Crippen molar-refractivity contribution in [2.24, 2.45) is 5.73 Å². The highest BCUT2D eigenvalue weighted by atomic mass is 19.1. The third kappa shape index (κ3) is 2.01. The van der Waals surface area contributed by atoms with Crippen molar-refractivity contribution >= 4 is 17.5 Å². The molecule has 4 N–H and O–H groups in total. The molecule has 0 radical (unpaired) electrons. The molecule has 6 heteroatoms. The molecular formula is C12H14FN3O2. The van der Waals surface area contributed by atoms with Gasteiger partial charge in [-0.05, 0) is 25.0 Å². The molecule has 1 aliphatic rings. The van der Waals surface area contributed by atoms with Crippen molar-refractivity contribution in [1.82, 2.24) is 0 Å². The van der Waals surface area contributed by atoms with Crippen molar-refractivity contribution in [3.05, 3.63) is 29.6 Å². The van der Waals surface area contributed by atoms with Crippen molar-refractivity contribution in [2.75, 3.05) is 11.4 Å². The predicted octanol–water partition coefficient (Wildman–Crippen LogP) is 1.16. The summed E-state index contributed by atoms with van der Waals surface area (Å²) in [6.45, 7) is 0.528. The number of aliphatic carboxylic acids is 1. The highest BCUT2D eigenvalue weighted by Crippen LogP contribution is 2.30. The molecule has 96 valence electrons. The van der Waals surface area contributed by atoms with E-state index in [1.807, 2.05) is 0 Å². The number of rotatable bonds is 3. The number of amidine groups is 1. The Hall–Kier alpha value is -2.11. The predicted molar refractivity (Wildman–Crippen MR) is 65.4 cm³/mol. The van der Waals surface area contributed by atoms with Gasteiger partial charge in [-0.25, -0.2) is 9.18 Å². The molecule has 1 heterocycles. The van der Waals surface area contributed by atoms with Crippen molar-refractivity contribution in [2.45, 2.75) is 18.9 Å². The first-order chi connectivity index (χ1) is 8.52. The zero-order chi connectivity index (χ0) is 13.3. The number of halogens is 1. The highest BCUT2D eigenvalue weighted by Gasteiger charge is 2.32. The quantitative estimate of drug-likeness (QED) is 0.555. The first kappa shape index (κ1) is 12.3. The maximum absolute atomic E-state index is 13.7. The Balaban J connectivity index is 2.48. The lowest BCUT2D eigenvalue weighted by Gasteiger charge is -2.26. The molecule has 1 unspecified atom stereocenters. The van der Waals surface area contributed by atoms with Crippen LogP contribution in [0.1, 0.15) is 18.4 Å². The Morgan fingerprint density at radius 2 is 2.28 bits per heavy atom. The lowest BCUT2D eigenvalue weighted by Crippen LogP contribution is -2.37. The number of hydrogen-bond acceptors (Lipinski definition) is 3. The van der Waals surface area contributed by atoms with Gasteiger partial charge in [0.05, 0.1) is 11.3 Å². The van der Waals surface area contributed by atoms with E-state index in [1.165, 1.54) is 12.1 Å². The van der Waals surface area contributed by atoms with Gasteiger partial charge in [0.1, 0.15) is 17.7 Å². The number of hydrogen-bond donors (Lipinski definition) is 3. The third-order valence-corrected chi connectivity index (χ3v) is 3.11. The van der Waals surface area contributed by atoms with E-state index >= 15 is 0 Å². The van der Waals surface area contributed by atoms with Crippen LogP contribution in [0.4, 0.5) is 10.1 Å². The number of carbonyl (C=O) groups is 1. The van der Waals surface area contributed by atoms with Gasteiger partial charge < -0.3 is 15.7 Å². The molecule has 1 aromatic carbocycles. The standard InChI is InChI=1S/C12H14FN3O2/c13-7-3-1-4-8(10(7)11(14)15)16-6-2-5-9(16)12(17)18/h1,3-4,9H,2,5-6H2,(H3,14,15)(H,17,18). The summed E-state index contributed by atoms with van der Waals surface area (Å²) in [5.41, 5.74) is 5.73. The monoisotopic (exact) mass is 251 g/mol. The van der Waals surface area contributed by atoms with Gasteiger partial charge in [-0.15, -0.1) is 0 Å². The van der Waals surface area contributed by atoms with Gasteiger partial charge in [0, 0.05) is 6.54 Å². The summed E-state index contributed by atoms with van der Waals surface area (Å²) in [6.07, 6.45) is 1.24. The molecule has 1 aliphatic heterocycles. The normalized spacial score (nSPS) is 18.9. The van der Waals surface area contributed by atoms with Crippen LogP contribution in [0.5, 0.6) is 0 Å². The smallest absolute Gasteiger partial charge is 0.326 e. The van der Waals surface area contributed by atoms with Gasteiger partial charge in [-0.2, -0.15) is 0 Å². The van der Waals surface area contributed by atoms with E-state index in [2.05, 4.69) is 0 Å². The Morgan fingerprint density at radius 3 is 2.89 bits per heavy atom. The van der Waals surface area contributed by atoms with Crippen LogP contribution >= 0.6 is 0 Å². The van der Waals surface area contributed by atoms with E-state index in [0.717, 1.165) is 6.42 Å². The molecule has 0 aliphatic carbocycles. The largest absolute Gasteiger partial charge is 0.480 e. The molecule has 18 heavy (non-hydrogen) atoms. The Labute approximate surface area is 104 Å². The van der Waals surface area contributed by atoms with Crippen LogP contribution in [-0.4, -0.2) is 29.5 Å². The van der Waals surface area contributed by atoms with Crippen molar-refractivity contribution in [3.8, 4) is 0 Å². The summed E-state index contributed by atoms with van der Waals surface area (Å²) < 4.78 is 13.7. The molecule has 0 amide bonds. The summed E-state index contributed by atoms with van der Waals surface area (Å²) in [5, 5.41) is 16.5. The lowest BCUT2D eigenvalue weighted by molar-refractivity contribution is -0.138. The molecule has 0 spiro atoms. The first-order valence-corrected chi connectivity index (χ1v) is 5.64. The fourth-order valence-corrected chi connectivity index (χ4v) is 2.33. The Bertz CT molecular complexity index is 504. The summed E-state index contributed by atoms with van der Waals surface area (Å²) in [6, 6.07) is 3.63. The summed E-state index contributed by atoms with van der Waals surface area (Å²) in [7, 11) is 0. The molecule has 0 bridgehead atoms. The summed E-state index contributed by atoms with van der Waals surface area (Å²) in [5.74, 6) is -1.93. The zero-order valence-electron chi connectivity index (χ0n) is 9.69. The fraction of sp³-hybridized carbons (Fsp3) is 0.333. The molecule has 2 rings (SSSR count). The number of benzene rings is 1. The highest BCUT2D eigenvalue weighted by molar-refractivity contribution is 6.01. The van der Waals surface area contributed by atoms with Crippen LogP contribution in [0.3, 0.4) is 0 Å². The van der Waals surface area contributed by atoms with E-state index in [9.17, 15) is 9.18 Å². The average molecular weight is 251 g/mol. The van der Waals surface area contributed by atoms with Crippen molar-refractivity contribution in [1.29, 1.82) is 5.41 Å². The zero-order valence-corrected chi connectivity index (χ0v) is 9.69. The van der Waals surface area contributed by atoms with E-state index in [0.29, 0.717) is 18.7 Å². The second kappa shape index (κ2) is 4.64. The number of nitrogens with one attached hydrogen (secondary N) is 1. The topological polar surface area (TPSA) is 90.4 Å². The van der Waals surface area contributed by atoms with Crippen LogP contribution in [0.2, 0.25) is 0 Å². The molecule has 5 nitrogen and oxygen atoms in total. The number of nitrogens with zero attached hydrogens (tertiary/aromatic N) is 1. The van der Waals surface area contributed by atoms with Gasteiger partial charge in [0.15, 0.2) is 0 Å². The minimum atomic E-state index is -0.939. The molecule has 0 aromatic heterocycles. The van der Waals surface area contributed by atoms with Gasteiger partial charge in [0.25, 0.3) is 0 Å². The average Bonchev–Trinajstić information content (AvgIpc) is 2.76. The first-order valence-electron chi connectivity index (χ1n) is 5.64. The van der Waals surface area contributed by atoms with E-state index in [1.54, 1.807) is 11.0 Å². The molecule has 1 fully saturated rings. The molecule has 0 saturated carbocycles. The van der Waals surface area contributed by atoms with Crippen LogP contribution in [0.25, 0.3) is 0 Å². The second-order valence-electron chi connectivity index (χ2n) is 4.24. The van der Waals surface area contributed by atoms with E-state index in [-0.39, 0.29) is 11.4 Å². The van der Waals surface area contributed by atoms with E-state index < -0.39 is 17.8 Å². The van der Waals surface area contributed by atoms with Crippen LogP contribution in [0.15, 0.2) is 18.2 Å². The Kier molecular flexibility index (Phi) is 3.18. The minimum Gasteiger partial charge on any atom is -0.480 e. The van der Waals surface area contributed by atoms with Gasteiger partial charge >= 0.3 is 5.97 Å². The molecular weight excluding hydrogens is 237 g/mol. The fourth-order valence-electron chi connectivity index (χ4n) is 2.33. The number of carboxylic acid groups (broad SMARTS) is 1. The summed E-state index contributed by atoms with van der Waals surface area (Å²) >= 11 is 0. The number of nitrogens with two attached hydrogens (primary N) is 1. The number of nitrogen functional groups attached to an aromatic ring is 1. The lowest BCUT2D eigenvalue weighted by atomic mass is 10.1. The van der Waals surface area contributed by atoms with Crippen LogP contribution in [-0.2, 0) is 4.79 Å². The maximum atomic E-state index is 13.7. The second-order valence-corrected chi connectivity index (χ2v) is 4.24. The van der Waals surface area contributed by atoms with Crippen LogP contribution < -0.4 is 10.6 Å². The number of anilines is 1. The van der Waals surface area contributed by atoms with Gasteiger partial charge in [0.2, 0.25) is 0 Å². The van der Waals surface area contributed by atoms with E-state index in [4.69, 9.17) is 16.2 Å². The van der Waals surface area contributed by atoms with Crippen molar-refractivity contribution in [3.63, 3.8) is 0 Å². The SMILES string of the molecule is N=C(N)c1c(F)cccc1N1CCCC1C(=O)O. The molecule has 1 aromatic rings. The maximum Gasteiger partial charge on any atom is 0.326 e. The minimum absolute atomic E-state index is 0.0225. The Morgan fingerprint density at radius 1 is 1.56 bits per heavy atom. The van der Waals surface area contributed by atoms with Gasteiger partial charge in [-0.3, -0.25) is 5.41 Å². The molecule has 1 atom stereocenters. The number of carboxylic acids is 1.